The quantitative estimate of drug-likeness (QED) is 0.897. The molecule has 2 aromatic rings. The van der Waals surface area contributed by atoms with Crippen LogP contribution in [0.15, 0.2) is 6.33 Å². The average Bonchev–Trinajstić information content (AvgIpc) is 2.64. The highest BCUT2D eigenvalue weighted by Crippen LogP contribution is 2.21. The van der Waals surface area contributed by atoms with Crippen LogP contribution in [0.1, 0.15) is 36.4 Å². The third kappa shape index (κ3) is 1.85. The van der Waals surface area contributed by atoms with Crippen molar-refractivity contribution in [3.63, 3.8) is 0 Å². The molecule has 0 atom stereocenters. The highest BCUT2D eigenvalue weighted by atomic mass is 15.3. The Hall–Kier alpha value is -1.91. The molecule has 96 valence electrons. The second-order valence-electron chi connectivity index (χ2n) is 4.33. The second-order valence-corrected chi connectivity index (χ2v) is 4.33. The maximum Gasteiger partial charge on any atom is 0.162 e. The summed E-state index contributed by atoms with van der Waals surface area (Å²) >= 11 is 0. The van der Waals surface area contributed by atoms with Gasteiger partial charge in [0, 0.05) is 11.3 Å². The molecule has 0 radical (unpaired) electrons. The molecule has 2 rings (SSSR count). The first-order valence-corrected chi connectivity index (χ1v) is 6.24. The minimum atomic E-state index is 0.535. The summed E-state index contributed by atoms with van der Waals surface area (Å²) in [6.07, 6.45) is 3.26. The van der Waals surface area contributed by atoms with Gasteiger partial charge in [0.1, 0.15) is 12.1 Å². The van der Waals surface area contributed by atoms with E-state index < -0.39 is 0 Å². The molecule has 0 fully saturated rings. The van der Waals surface area contributed by atoms with Crippen molar-refractivity contribution in [2.24, 2.45) is 0 Å². The van der Waals surface area contributed by atoms with Crippen LogP contribution in [0, 0.1) is 13.8 Å². The Morgan fingerprint density at radius 1 is 1.11 bits per heavy atom. The predicted molar refractivity (Wildman–Crippen MR) is 71.8 cm³/mol. The van der Waals surface area contributed by atoms with E-state index in [9.17, 15) is 0 Å². The number of anilines is 1. The Balaban J connectivity index is 2.66. The van der Waals surface area contributed by atoms with Gasteiger partial charge in [0.15, 0.2) is 5.82 Å². The van der Waals surface area contributed by atoms with E-state index in [0.29, 0.717) is 5.82 Å². The molecule has 0 saturated carbocycles. The lowest BCUT2D eigenvalue weighted by Crippen LogP contribution is -2.09. The number of nitrogens with zero attached hydrogens (tertiary/aromatic N) is 4. The van der Waals surface area contributed by atoms with Crippen molar-refractivity contribution in [2.45, 2.75) is 40.5 Å². The van der Waals surface area contributed by atoms with Crippen molar-refractivity contribution < 1.29 is 0 Å². The van der Waals surface area contributed by atoms with Crippen molar-refractivity contribution in [3.05, 3.63) is 28.8 Å². The van der Waals surface area contributed by atoms with Crippen molar-refractivity contribution in [1.82, 2.24) is 19.7 Å². The van der Waals surface area contributed by atoms with Gasteiger partial charge in [0.2, 0.25) is 0 Å². The van der Waals surface area contributed by atoms with E-state index in [1.807, 2.05) is 18.5 Å². The van der Waals surface area contributed by atoms with Gasteiger partial charge in [-0.2, -0.15) is 5.10 Å². The fraction of sp³-hybridized carbons (Fsp3) is 0.462. The van der Waals surface area contributed by atoms with Crippen LogP contribution < -0.4 is 5.73 Å². The van der Waals surface area contributed by atoms with Crippen LogP contribution in [0.3, 0.4) is 0 Å². The van der Waals surface area contributed by atoms with Crippen LogP contribution in [0.5, 0.6) is 0 Å². The van der Waals surface area contributed by atoms with Gasteiger partial charge in [-0.25, -0.2) is 14.6 Å². The van der Waals surface area contributed by atoms with Gasteiger partial charge in [0.25, 0.3) is 0 Å². The zero-order chi connectivity index (χ0) is 13.3. The summed E-state index contributed by atoms with van der Waals surface area (Å²) in [6.45, 7) is 8.27. The number of aryl methyl sites for hydroxylation is 1. The third-order valence-corrected chi connectivity index (χ3v) is 3.30. The first kappa shape index (κ1) is 12.5. The lowest BCUT2D eigenvalue weighted by Gasteiger charge is -2.10. The molecule has 2 heterocycles. The molecule has 2 N–H and O–H groups in total. The van der Waals surface area contributed by atoms with E-state index in [1.165, 1.54) is 11.9 Å². The summed E-state index contributed by atoms with van der Waals surface area (Å²) in [6, 6.07) is 0. The number of hydrogen-bond donors (Lipinski definition) is 1. The van der Waals surface area contributed by atoms with Crippen LogP contribution in [0.4, 0.5) is 5.82 Å². The summed E-state index contributed by atoms with van der Waals surface area (Å²) in [5, 5.41) is 4.57. The smallest absolute Gasteiger partial charge is 0.162 e. The van der Waals surface area contributed by atoms with E-state index in [4.69, 9.17) is 5.73 Å². The molecule has 2 aromatic heterocycles. The zero-order valence-corrected chi connectivity index (χ0v) is 11.4. The van der Waals surface area contributed by atoms with Gasteiger partial charge >= 0.3 is 0 Å². The number of rotatable bonds is 3. The van der Waals surface area contributed by atoms with Crippen molar-refractivity contribution in [2.75, 3.05) is 5.73 Å². The van der Waals surface area contributed by atoms with Crippen molar-refractivity contribution in [1.29, 1.82) is 0 Å². The van der Waals surface area contributed by atoms with Crippen molar-refractivity contribution >= 4 is 5.82 Å². The summed E-state index contributed by atoms with van der Waals surface area (Å²) < 4.78 is 1.88. The lowest BCUT2D eigenvalue weighted by atomic mass is 10.1. The minimum absolute atomic E-state index is 0.535. The predicted octanol–water partition coefficient (Wildman–Crippen LogP) is 1.99. The van der Waals surface area contributed by atoms with Crippen LogP contribution in [0.2, 0.25) is 0 Å². The third-order valence-electron chi connectivity index (χ3n) is 3.30. The molecule has 0 aliphatic heterocycles. The van der Waals surface area contributed by atoms with Crippen LogP contribution in [-0.2, 0) is 12.8 Å². The molecule has 0 spiro atoms. The number of nitrogens with two attached hydrogens (primary N) is 1. The molecular weight excluding hydrogens is 226 g/mol. The highest BCUT2D eigenvalue weighted by molar-refractivity contribution is 5.49. The fourth-order valence-corrected chi connectivity index (χ4v) is 2.33. The Bertz CT molecular complexity index is 571. The molecule has 0 unspecified atom stereocenters. The van der Waals surface area contributed by atoms with Gasteiger partial charge in [-0.15, -0.1) is 0 Å². The van der Waals surface area contributed by atoms with Crippen LogP contribution in [0.25, 0.3) is 5.82 Å². The number of hydrogen-bond acceptors (Lipinski definition) is 4. The molecule has 5 heteroatoms. The van der Waals surface area contributed by atoms with Gasteiger partial charge in [-0.1, -0.05) is 13.8 Å². The molecular formula is C13H19N5. The summed E-state index contributed by atoms with van der Waals surface area (Å²) in [5.41, 5.74) is 10.3. The largest absolute Gasteiger partial charge is 0.383 e. The monoisotopic (exact) mass is 245 g/mol. The molecule has 0 bridgehead atoms. The topological polar surface area (TPSA) is 69.6 Å². The summed E-state index contributed by atoms with van der Waals surface area (Å²) in [5.74, 6) is 1.33. The molecule has 0 aromatic carbocycles. The fourth-order valence-electron chi connectivity index (χ4n) is 2.33. The molecule has 0 aliphatic rings. The molecule has 0 saturated heterocycles. The molecule has 0 amide bonds. The number of nitrogen functional groups attached to an aromatic ring is 1. The summed E-state index contributed by atoms with van der Waals surface area (Å²) in [7, 11) is 0. The van der Waals surface area contributed by atoms with Crippen LogP contribution in [-0.4, -0.2) is 19.7 Å². The van der Waals surface area contributed by atoms with Gasteiger partial charge in [-0.05, 0) is 32.3 Å². The maximum atomic E-state index is 5.90. The lowest BCUT2D eigenvalue weighted by molar-refractivity contribution is 0.785. The zero-order valence-electron chi connectivity index (χ0n) is 11.4. The highest BCUT2D eigenvalue weighted by Gasteiger charge is 2.16. The Kier molecular flexibility index (Phi) is 3.32. The number of aromatic nitrogens is 4. The average molecular weight is 245 g/mol. The molecule has 18 heavy (non-hydrogen) atoms. The van der Waals surface area contributed by atoms with Gasteiger partial charge < -0.3 is 5.73 Å². The van der Waals surface area contributed by atoms with E-state index in [0.717, 1.165) is 35.6 Å². The van der Waals surface area contributed by atoms with Gasteiger partial charge in [0.05, 0.1) is 5.69 Å². The molecule has 0 aliphatic carbocycles. The first-order chi connectivity index (χ1) is 8.60. The Morgan fingerprint density at radius 3 is 2.33 bits per heavy atom. The van der Waals surface area contributed by atoms with Gasteiger partial charge in [-0.3, -0.25) is 0 Å². The first-order valence-electron chi connectivity index (χ1n) is 6.24. The van der Waals surface area contributed by atoms with Crippen LogP contribution >= 0.6 is 0 Å². The van der Waals surface area contributed by atoms with E-state index in [-0.39, 0.29) is 0 Å². The Labute approximate surface area is 107 Å². The van der Waals surface area contributed by atoms with E-state index in [2.05, 4.69) is 28.9 Å². The van der Waals surface area contributed by atoms with E-state index in [1.54, 1.807) is 0 Å². The van der Waals surface area contributed by atoms with Crippen molar-refractivity contribution in [3.8, 4) is 5.82 Å². The normalized spacial score (nSPS) is 10.9. The maximum absolute atomic E-state index is 5.90. The molecule has 5 nitrogen and oxygen atoms in total. The SMILES string of the molecule is CCc1c(N)ncnc1-n1nc(C)c(CC)c1C. The summed E-state index contributed by atoms with van der Waals surface area (Å²) in [4.78, 5) is 8.38. The standard InChI is InChI=1S/C13H19N5/c1-5-10-8(3)17-18(9(10)4)13-11(6-2)12(14)15-7-16-13/h7H,5-6H2,1-4H3,(H2,14,15,16). The minimum Gasteiger partial charge on any atom is -0.383 e. The second kappa shape index (κ2) is 4.76. The Morgan fingerprint density at radius 2 is 1.78 bits per heavy atom. The van der Waals surface area contributed by atoms with E-state index >= 15 is 0 Å².